The smallest absolute Gasteiger partial charge is 0.169 e. The zero-order valence-corrected chi connectivity index (χ0v) is 8.03. The molecule has 0 amide bonds. The molecule has 0 heterocycles. The molecule has 0 atom stereocenters. The molecule has 0 saturated heterocycles. The first-order chi connectivity index (χ1) is 6.76. The lowest BCUT2D eigenvalue weighted by atomic mass is 10.2. The molecule has 0 aromatic heterocycles. The Bertz CT molecular complexity index is 314. The molecule has 0 aliphatic rings. The summed E-state index contributed by atoms with van der Waals surface area (Å²) in [6, 6.07) is 6.65. The van der Waals surface area contributed by atoms with E-state index < -0.39 is 0 Å². The SMILES string of the molecule is CCC(=O)COc1ccc(C=O)cc1. The second kappa shape index (κ2) is 5.17. The van der Waals surface area contributed by atoms with Gasteiger partial charge in [0, 0.05) is 12.0 Å². The normalized spacial score (nSPS) is 9.50. The molecule has 0 aliphatic carbocycles. The summed E-state index contributed by atoms with van der Waals surface area (Å²) < 4.78 is 5.19. The molecule has 3 heteroatoms. The van der Waals surface area contributed by atoms with Crippen molar-refractivity contribution in [3.05, 3.63) is 29.8 Å². The summed E-state index contributed by atoms with van der Waals surface area (Å²) >= 11 is 0. The molecular weight excluding hydrogens is 180 g/mol. The summed E-state index contributed by atoms with van der Waals surface area (Å²) in [4.78, 5) is 21.3. The fraction of sp³-hybridized carbons (Fsp3) is 0.273. The minimum atomic E-state index is 0.0597. The molecule has 3 nitrogen and oxygen atoms in total. The molecule has 14 heavy (non-hydrogen) atoms. The van der Waals surface area contributed by atoms with E-state index in [9.17, 15) is 9.59 Å². The highest BCUT2D eigenvalue weighted by molar-refractivity contribution is 5.79. The van der Waals surface area contributed by atoms with Gasteiger partial charge in [0.15, 0.2) is 5.78 Å². The van der Waals surface area contributed by atoms with Gasteiger partial charge < -0.3 is 4.74 Å². The third-order valence-electron chi connectivity index (χ3n) is 1.81. The van der Waals surface area contributed by atoms with E-state index in [0.717, 1.165) is 6.29 Å². The fourth-order valence-corrected chi connectivity index (χ4v) is 0.909. The number of carbonyl (C=O) groups excluding carboxylic acids is 2. The highest BCUT2D eigenvalue weighted by Crippen LogP contribution is 2.10. The van der Waals surface area contributed by atoms with E-state index in [2.05, 4.69) is 0 Å². The first-order valence-electron chi connectivity index (χ1n) is 4.46. The second-order valence-corrected chi connectivity index (χ2v) is 2.87. The Balaban J connectivity index is 2.51. The summed E-state index contributed by atoms with van der Waals surface area (Å²) in [7, 11) is 0. The first kappa shape index (κ1) is 10.4. The molecule has 0 unspecified atom stereocenters. The Morgan fingerprint density at radius 1 is 1.36 bits per heavy atom. The van der Waals surface area contributed by atoms with Crippen molar-refractivity contribution < 1.29 is 14.3 Å². The lowest BCUT2D eigenvalue weighted by Crippen LogP contribution is -2.09. The van der Waals surface area contributed by atoms with Crippen LogP contribution >= 0.6 is 0 Å². The molecule has 0 bridgehead atoms. The largest absolute Gasteiger partial charge is 0.486 e. The number of rotatable bonds is 5. The van der Waals surface area contributed by atoms with Gasteiger partial charge in [-0.1, -0.05) is 6.92 Å². The third-order valence-corrected chi connectivity index (χ3v) is 1.81. The zero-order chi connectivity index (χ0) is 10.4. The van der Waals surface area contributed by atoms with Gasteiger partial charge >= 0.3 is 0 Å². The highest BCUT2D eigenvalue weighted by atomic mass is 16.5. The van der Waals surface area contributed by atoms with Crippen LogP contribution in [0.5, 0.6) is 5.75 Å². The summed E-state index contributed by atoms with van der Waals surface area (Å²) in [5.74, 6) is 0.668. The average Bonchev–Trinajstić information content (AvgIpc) is 2.26. The second-order valence-electron chi connectivity index (χ2n) is 2.87. The van der Waals surface area contributed by atoms with E-state index in [1.165, 1.54) is 0 Å². The molecular formula is C11H12O3. The van der Waals surface area contributed by atoms with Crippen LogP contribution in [-0.4, -0.2) is 18.7 Å². The third kappa shape index (κ3) is 3.01. The van der Waals surface area contributed by atoms with E-state index in [-0.39, 0.29) is 12.4 Å². The van der Waals surface area contributed by atoms with E-state index in [1.54, 1.807) is 31.2 Å². The maximum Gasteiger partial charge on any atom is 0.169 e. The number of benzene rings is 1. The van der Waals surface area contributed by atoms with Gasteiger partial charge in [-0.15, -0.1) is 0 Å². The topological polar surface area (TPSA) is 43.4 Å². The molecule has 1 aromatic carbocycles. The summed E-state index contributed by atoms with van der Waals surface area (Å²) in [6.07, 6.45) is 1.24. The van der Waals surface area contributed by atoms with Crippen LogP contribution in [0.3, 0.4) is 0 Å². The lowest BCUT2D eigenvalue weighted by molar-refractivity contribution is -0.120. The van der Waals surface area contributed by atoms with Crippen LogP contribution in [0.15, 0.2) is 24.3 Å². The van der Waals surface area contributed by atoms with Crippen molar-refractivity contribution in [2.75, 3.05) is 6.61 Å². The van der Waals surface area contributed by atoms with Crippen molar-refractivity contribution in [2.45, 2.75) is 13.3 Å². The van der Waals surface area contributed by atoms with Crippen molar-refractivity contribution in [3.63, 3.8) is 0 Å². The molecule has 0 N–H and O–H groups in total. The molecule has 1 aromatic rings. The van der Waals surface area contributed by atoms with Crippen LogP contribution in [0.2, 0.25) is 0 Å². The van der Waals surface area contributed by atoms with Crippen LogP contribution < -0.4 is 4.74 Å². The van der Waals surface area contributed by atoms with Crippen LogP contribution in [0.4, 0.5) is 0 Å². The Morgan fingerprint density at radius 3 is 2.50 bits per heavy atom. The van der Waals surface area contributed by atoms with Crippen molar-refractivity contribution in [1.82, 2.24) is 0 Å². The van der Waals surface area contributed by atoms with Gasteiger partial charge in [-0.05, 0) is 24.3 Å². The zero-order valence-electron chi connectivity index (χ0n) is 8.03. The number of hydrogen-bond donors (Lipinski definition) is 0. The van der Waals surface area contributed by atoms with Gasteiger partial charge in [-0.25, -0.2) is 0 Å². The lowest BCUT2D eigenvalue weighted by Gasteiger charge is -2.03. The van der Waals surface area contributed by atoms with Crippen LogP contribution in [0.25, 0.3) is 0 Å². The predicted molar refractivity (Wildman–Crippen MR) is 52.6 cm³/mol. The number of hydrogen-bond acceptors (Lipinski definition) is 3. The van der Waals surface area contributed by atoms with Crippen LogP contribution in [0.1, 0.15) is 23.7 Å². The van der Waals surface area contributed by atoms with E-state index in [0.29, 0.717) is 17.7 Å². The predicted octanol–water partition coefficient (Wildman–Crippen LogP) is 1.86. The van der Waals surface area contributed by atoms with Gasteiger partial charge in [0.05, 0.1) is 0 Å². The summed E-state index contributed by atoms with van der Waals surface area (Å²) in [5, 5.41) is 0. The number of carbonyl (C=O) groups is 2. The molecule has 1 rings (SSSR count). The van der Waals surface area contributed by atoms with Gasteiger partial charge in [-0.3, -0.25) is 9.59 Å². The standard InChI is InChI=1S/C11H12O3/c1-2-10(13)8-14-11-5-3-9(7-12)4-6-11/h3-7H,2,8H2,1H3. The number of ketones is 1. The van der Waals surface area contributed by atoms with Gasteiger partial charge in [-0.2, -0.15) is 0 Å². The van der Waals surface area contributed by atoms with Gasteiger partial charge in [0.25, 0.3) is 0 Å². The Labute approximate surface area is 82.7 Å². The Hall–Kier alpha value is -1.64. The molecule has 0 radical (unpaired) electrons. The molecule has 0 spiro atoms. The number of Topliss-reactive ketones (excluding diaryl/α,β-unsaturated/α-hetero) is 1. The minimum Gasteiger partial charge on any atom is -0.486 e. The number of ether oxygens (including phenoxy) is 1. The molecule has 0 aliphatic heterocycles. The monoisotopic (exact) mass is 192 g/mol. The Morgan fingerprint density at radius 2 is 2.00 bits per heavy atom. The first-order valence-corrected chi connectivity index (χ1v) is 4.46. The molecule has 74 valence electrons. The van der Waals surface area contributed by atoms with Crippen molar-refractivity contribution >= 4 is 12.1 Å². The number of aldehydes is 1. The van der Waals surface area contributed by atoms with E-state index in [1.807, 2.05) is 0 Å². The van der Waals surface area contributed by atoms with E-state index >= 15 is 0 Å². The van der Waals surface area contributed by atoms with Crippen LogP contribution in [-0.2, 0) is 4.79 Å². The molecule has 0 saturated carbocycles. The quantitative estimate of drug-likeness (QED) is 0.669. The average molecular weight is 192 g/mol. The minimum absolute atomic E-state index is 0.0597. The highest BCUT2D eigenvalue weighted by Gasteiger charge is 1.99. The summed E-state index contributed by atoms with van der Waals surface area (Å²) in [6.45, 7) is 1.89. The maximum atomic E-state index is 10.9. The molecule has 0 fully saturated rings. The van der Waals surface area contributed by atoms with Crippen molar-refractivity contribution in [3.8, 4) is 5.75 Å². The van der Waals surface area contributed by atoms with Crippen molar-refractivity contribution in [1.29, 1.82) is 0 Å². The van der Waals surface area contributed by atoms with Gasteiger partial charge in [0.1, 0.15) is 18.6 Å². The Kier molecular flexibility index (Phi) is 3.85. The fourth-order valence-electron chi connectivity index (χ4n) is 0.909. The van der Waals surface area contributed by atoms with Gasteiger partial charge in [0.2, 0.25) is 0 Å². The summed E-state index contributed by atoms with van der Waals surface area (Å²) in [5.41, 5.74) is 0.596. The van der Waals surface area contributed by atoms with Crippen molar-refractivity contribution in [2.24, 2.45) is 0 Å². The van der Waals surface area contributed by atoms with Crippen LogP contribution in [0, 0.1) is 0 Å². The van der Waals surface area contributed by atoms with E-state index in [4.69, 9.17) is 4.74 Å². The maximum absolute atomic E-state index is 10.9.